The normalized spacial score (nSPS) is 13.7. The fraction of sp³-hybridized carbons (Fsp3) is 0.667. The van der Waals surface area contributed by atoms with E-state index in [0.29, 0.717) is 6.42 Å². The number of likely N-dealkylation sites (N-methyl/N-ethyl adjacent to an activating group) is 1. The van der Waals surface area contributed by atoms with Crippen molar-refractivity contribution in [3.63, 3.8) is 0 Å². The molecule has 0 aliphatic heterocycles. The van der Waals surface area contributed by atoms with Crippen molar-refractivity contribution in [3.05, 3.63) is 34.3 Å². The van der Waals surface area contributed by atoms with Crippen molar-refractivity contribution in [2.45, 2.75) is 65.5 Å². The molecule has 1 rings (SSSR count). The number of benzene rings is 1. The molecule has 1 unspecified atom stereocenters. The van der Waals surface area contributed by atoms with E-state index in [9.17, 15) is 5.11 Å². The number of rotatable bonds is 8. The van der Waals surface area contributed by atoms with Crippen LogP contribution in [0.1, 0.15) is 51.7 Å². The predicted molar refractivity (Wildman–Crippen MR) is 92.1 cm³/mol. The number of aliphatic hydroxyl groups is 1. The molecule has 0 aliphatic rings. The lowest BCUT2D eigenvalue weighted by atomic mass is 9.81. The van der Waals surface area contributed by atoms with E-state index in [1.807, 2.05) is 19.1 Å². The van der Waals surface area contributed by atoms with Crippen molar-refractivity contribution >= 4 is 11.6 Å². The van der Waals surface area contributed by atoms with E-state index in [0.717, 1.165) is 42.1 Å². The molecule has 3 heteroatoms. The fourth-order valence-corrected chi connectivity index (χ4v) is 3.76. The highest BCUT2D eigenvalue weighted by molar-refractivity contribution is 6.31. The quantitative estimate of drug-likeness (QED) is 0.766. The number of hydrogen-bond acceptors (Lipinski definition) is 2. The standard InChI is InChI=1S/C18H30ClNO/c1-6-18(7-2,20(8-3)9-4)17(21)13-15-11-10-14(5)12-16(15)19/h10-12,17,21H,6-9,13H2,1-5H3. The molecule has 0 fully saturated rings. The van der Waals surface area contributed by atoms with Gasteiger partial charge >= 0.3 is 0 Å². The first-order valence-electron chi connectivity index (χ1n) is 8.13. The van der Waals surface area contributed by atoms with Crippen molar-refractivity contribution in [1.29, 1.82) is 0 Å². The Hall–Kier alpha value is -0.570. The lowest BCUT2D eigenvalue weighted by Gasteiger charge is -2.46. The molecular weight excluding hydrogens is 282 g/mol. The summed E-state index contributed by atoms with van der Waals surface area (Å²) in [5.41, 5.74) is 2.02. The molecule has 1 atom stereocenters. The van der Waals surface area contributed by atoms with Gasteiger partial charge < -0.3 is 5.11 Å². The third-order valence-electron chi connectivity index (χ3n) is 4.86. The third kappa shape index (κ3) is 4.00. The molecule has 1 N–H and O–H groups in total. The second-order valence-corrected chi connectivity index (χ2v) is 6.20. The Balaban J connectivity index is 3.03. The fourth-order valence-electron chi connectivity index (χ4n) is 3.45. The topological polar surface area (TPSA) is 23.5 Å². The van der Waals surface area contributed by atoms with Gasteiger partial charge in [-0.15, -0.1) is 0 Å². The van der Waals surface area contributed by atoms with Gasteiger partial charge in [0.25, 0.3) is 0 Å². The van der Waals surface area contributed by atoms with E-state index < -0.39 is 6.10 Å². The molecule has 0 radical (unpaired) electrons. The lowest BCUT2D eigenvalue weighted by Crippen LogP contribution is -2.56. The average Bonchev–Trinajstić information content (AvgIpc) is 2.47. The summed E-state index contributed by atoms with van der Waals surface area (Å²) in [4.78, 5) is 2.39. The highest BCUT2D eigenvalue weighted by atomic mass is 35.5. The van der Waals surface area contributed by atoms with Crippen LogP contribution in [0.3, 0.4) is 0 Å². The molecule has 0 amide bonds. The highest BCUT2D eigenvalue weighted by Crippen LogP contribution is 2.31. The molecule has 0 saturated heterocycles. The van der Waals surface area contributed by atoms with Crippen LogP contribution in [0.4, 0.5) is 0 Å². The second-order valence-electron chi connectivity index (χ2n) is 5.80. The minimum Gasteiger partial charge on any atom is -0.391 e. The molecule has 1 aromatic rings. The first-order chi connectivity index (χ1) is 9.94. The van der Waals surface area contributed by atoms with Crippen molar-refractivity contribution in [1.82, 2.24) is 4.90 Å². The van der Waals surface area contributed by atoms with E-state index in [4.69, 9.17) is 11.6 Å². The minimum atomic E-state index is -0.410. The predicted octanol–water partition coefficient (Wildman–Crippen LogP) is 4.45. The number of halogens is 1. The van der Waals surface area contributed by atoms with Gasteiger partial charge in [-0.3, -0.25) is 4.90 Å². The number of nitrogens with zero attached hydrogens (tertiary/aromatic N) is 1. The van der Waals surface area contributed by atoms with Crippen LogP contribution >= 0.6 is 11.6 Å². The number of hydrogen-bond donors (Lipinski definition) is 1. The van der Waals surface area contributed by atoms with E-state index >= 15 is 0 Å². The Morgan fingerprint density at radius 1 is 1.14 bits per heavy atom. The molecular formula is C18H30ClNO. The van der Waals surface area contributed by atoms with Crippen molar-refractivity contribution in [2.24, 2.45) is 0 Å². The molecule has 2 nitrogen and oxygen atoms in total. The molecule has 1 aromatic carbocycles. The molecule has 0 saturated carbocycles. The van der Waals surface area contributed by atoms with Crippen molar-refractivity contribution in [3.8, 4) is 0 Å². The van der Waals surface area contributed by atoms with Gasteiger partial charge in [-0.25, -0.2) is 0 Å². The van der Waals surface area contributed by atoms with E-state index in [1.165, 1.54) is 0 Å². The Morgan fingerprint density at radius 2 is 1.71 bits per heavy atom. The monoisotopic (exact) mass is 311 g/mol. The van der Waals surface area contributed by atoms with Crippen LogP contribution in [0, 0.1) is 6.92 Å². The van der Waals surface area contributed by atoms with Gasteiger partial charge in [0.2, 0.25) is 0 Å². The lowest BCUT2D eigenvalue weighted by molar-refractivity contribution is -0.0340. The summed E-state index contributed by atoms with van der Waals surface area (Å²) in [7, 11) is 0. The maximum atomic E-state index is 10.9. The van der Waals surface area contributed by atoms with Gasteiger partial charge in [0.05, 0.1) is 6.10 Å². The molecule has 0 bridgehead atoms. The van der Waals surface area contributed by atoms with Gasteiger partial charge in [-0.1, -0.05) is 51.4 Å². The van der Waals surface area contributed by atoms with Crippen LogP contribution in [0.2, 0.25) is 5.02 Å². The van der Waals surface area contributed by atoms with Crippen LogP contribution in [0.15, 0.2) is 18.2 Å². The summed E-state index contributed by atoms with van der Waals surface area (Å²) in [5, 5.41) is 11.7. The van der Waals surface area contributed by atoms with Crippen LogP contribution in [-0.4, -0.2) is 34.7 Å². The van der Waals surface area contributed by atoms with Gasteiger partial charge in [0, 0.05) is 17.0 Å². The van der Waals surface area contributed by atoms with E-state index in [-0.39, 0.29) is 5.54 Å². The highest BCUT2D eigenvalue weighted by Gasteiger charge is 2.39. The van der Waals surface area contributed by atoms with Crippen molar-refractivity contribution in [2.75, 3.05) is 13.1 Å². The summed E-state index contributed by atoms with van der Waals surface area (Å²) in [6.45, 7) is 12.6. The summed E-state index contributed by atoms with van der Waals surface area (Å²) in [6.07, 6.45) is 2.08. The van der Waals surface area contributed by atoms with Gasteiger partial charge in [-0.05, 0) is 50.0 Å². The zero-order chi connectivity index (χ0) is 16.0. The van der Waals surface area contributed by atoms with Crippen LogP contribution in [0.5, 0.6) is 0 Å². The molecule has 120 valence electrons. The van der Waals surface area contributed by atoms with Crippen LogP contribution in [-0.2, 0) is 6.42 Å². The largest absolute Gasteiger partial charge is 0.391 e. The zero-order valence-corrected chi connectivity index (χ0v) is 14.9. The Bertz CT molecular complexity index is 439. The number of aryl methyl sites for hydroxylation is 1. The maximum absolute atomic E-state index is 10.9. The second kappa shape index (κ2) is 8.17. The smallest absolute Gasteiger partial charge is 0.0764 e. The number of aliphatic hydroxyl groups excluding tert-OH is 1. The molecule has 21 heavy (non-hydrogen) atoms. The Morgan fingerprint density at radius 3 is 2.14 bits per heavy atom. The van der Waals surface area contributed by atoms with E-state index in [2.05, 4.69) is 38.7 Å². The Labute approximate surface area is 135 Å². The van der Waals surface area contributed by atoms with Gasteiger partial charge in [0.1, 0.15) is 0 Å². The van der Waals surface area contributed by atoms with Crippen molar-refractivity contribution < 1.29 is 5.11 Å². The zero-order valence-electron chi connectivity index (χ0n) is 14.1. The maximum Gasteiger partial charge on any atom is 0.0764 e. The summed E-state index contributed by atoms with van der Waals surface area (Å²) >= 11 is 6.33. The Kier molecular flexibility index (Phi) is 7.19. The van der Waals surface area contributed by atoms with Crippen LogP contribution in [0.25, 0.3) is 0 Å². The summed E-state index contributed by atoms with van der Waals surface area (Å²) in [6, 6.07) is 6.07. The summed E-state index contributed by atoms with van der Waals surface area (Å²) in [5.74, 6) is 0. The first kappa shape index (κ1) is 18.5. The molecule has 0 heterocycles. The molecule has 0 aromatic heterocycles. The van der Waals surface area contributed by atoms with Gasteiger partial charge in [-0.2, -0.15) is 0 Å². The van der Waals surface area contributed by atoms with Gasteiger partial charge in [0.15, 0.2) is 0 Å². The molecule has 0 aliphatic carbocycles. The SMILES string of the molecule is CCN(CC)C(CC)(CC)C(O)Cc1ccc(C)cc1Cl. The average molecular weight is 312 g/mol. The first-order valence-corrected chi connectivity index (χ1v) is 8.51. The van der Waals surface area contributed by atoms with Crippen LogP contribution < -0.4 is 0 Å². The molecule has 0 spiro atoms. The summed E-state index contributed by atoms with van der Waals surface area (Å²) < 4.78 is 0. The minimum absolute atomic E-state index is 0.169. The van der Waals surface area contributed by atoms with E-state index in [1.54, 1.807) is 0 Å². The third-order valence-corrected chi connectivity index (χ3v) is 5.21.